The number of piperazine rings is 1. The lowest BCUT2D eigenvalue weighted by Crippen LogP contribution is -2.45. The lowest BCUT2D eigenvalue weighted by Gasteiger charge is -2.36. The van der Waals surface area contributed by atoms with Crippen molar-refractivity contribution in [3.05, 3.63) is 48.0 Å². The van der Waals surface area contributed by atoms with Crippen molar-refractivity contribution in [2.75, 3.05) is 26.7 Å². The summed E-state index contributed by atoms with van der Waals surface area (Å²) >= 11 is 0. The summed E-state index contributed by atoms with van der Waals surface area (Å²) < 4.78 is 5.22. The van der Waals surface area contributed by atoms with E-state index in [1.54, 1.807) is 13.3 Å². The molecule has 2 N–H and O–H groups in total. The summed E-state index contributed by atoms with van der Waals surface area (Å²) in [6.45, 7) is 3.86. The molecule has 0 spiro atoms. The van der Waals surface area contributed by atoms with Crippen LogP contribution in [0.1, 0.15) is 17.4 Å². The van der Waals surface area contributed by atoms with Crippen molar-refractivity contribution in [2.45, 2.75) is 12.6 Å². The number of hydrogen-bond acceptors (Lipinski definition) is 4. The van der Waals surface area contributed by atoms with Crippen molar-refractivity contribution in [2.24, 2.45) is 0 Å². The molecule has 3 rings (SSSR count). The van der Waals surface area contributed by atoms with Crippen molar-refractivity contribution >= 4 is 0 Å². The highest BCUT2D eigenvalue weighted by Gasteiger charge is 2.24. The van der Waals surface area contributed by atoms with E-state index in [4.69, 9.17) is 4.74 Å². The fourth-order valence-corrected chi connectivity index (χ4v) is 2.67. The van der Waals surface area contributed by atoms with Gasteiger partial charge in [-0.15, -0.1) is 0 Å². The van der Waals surface area contributed by atoms with Gasteiger partial charge in [-0.2, -0.15) is 0 Å². The molecule has 2 aromatic rings. The van der Waals surface area contributed by atoms with E-state index in [-0.39, 0.29) is 0 Å². The molecule has 20 heavy (non-hydrogen) atoms. The van der Waals surface area contributed by atoms with E-state index in [0.29, 0.717) is 6.04 Å². The van der Waals surface area contributed by atoms with Crippen molar-refractivity contribution in [1.82, 2.24) is 20.2 Å². The van der Waals surface area contributed by atoms with Crippen molar-refractivity contribution in [3.63, 3.8) is 0 Å². The molecule has 1 fully saturated rings. The maximum Gasteiger partial charge on any atom is 0.120 e. The molecule has 1 aromatic heterocycles. The number of ether oxygens (including phenoxy) is 1. The third kappa shape index (κ3) is 2.84. The Balaban J connectivity index is 1.77. The van der Waals surface area contributed by atoms with Crippen LogP contribution in [-0.2, 0) is 6.54 Å². The van der Waals surface area contributed by atoms with Gasteiger partial charge >= 0.3 is 0 Å². The number of benzene rings is 1. The third-order valence-electron chi connectivity index (χ3n) is 3.76. The number of nitrogens with one attached hydrogen (secondary N) is 2. The van der Waals surface area contributed by atoms with Crippen LogP contribution in [0.5, 0.6) is 5.75 Å². The van der Waals surface area contributed by atoms with E-state index >= 15 is 0 Å². The molecule has 0 bridgehead atoms. The largest absolute Gasteiger partial charge is 0.497 e. The van der Waals surface area contributed by atoms with Gasteiger partial charge in [0.1, 0.15) is 11.6 Å². The number of rotatable bonds is 4. The van der Waals surface area contributed by atoms with Gasteiger partial charge in [0.25, 0.3) is 0 Å². The summed E-state index contributed by atoms with van der Waals surface area (Å²) in [5.41, 5.74) is 1.31. The molecule has 1 aliphatic heterocycles. The lowest BCUT2D eigenvalue weighted by atomic mass is 10.0. The molecule has 5 nitrogen and oxygen atoms in total. The molecular formula is C15H20N4O. The zero-order valence-electron chi connectivity index (χ0n) is 11.7. The highest BCUT2D eigenvalue weighted by atomic mass is 16.5. The first-order valence-electron chi connectivity index (χ1n) is 6.94. The first kappa shape index (κ1) is 13.1. The first-order valence-corrected chi connectivity index (χ1v) is 6.94. The van der Waals surface area contributed by atoms with Gasteiger partial charge in [0.2, 0.25) is 0 Å². The molecule has 0 aliphatic carbocycles. The summed E-state index contributed by atoms with van der Waals surface area (Å²) in [6, 6.07) is 8.71. The average molecular weight is 272 g/mol. The quantitative estimate of drug-likeness (QED) is 0.887. The molecule has 106 valence electrons. The monoisotopic (exact) mass is 272 g/mol. The Hall–Kier alpha value is -1.85. The van der Waals surface area contributed by atoms with Gasteiger partial charge in [-0.05, 0) is 17.7 Å². The Kier molecular flexibility index (Phi) is 3.99. The Morgan fingerprint density at radius 2 is 2.20 bits per heavy atom. The van der Waals surface area contributed by atoms with Crippen LogP contribution in [0, 0.1) is 0 Å². The van der Waals surface area contributed by atoms with Crippen LogP contribution in [0.15, 0.2) is 36.7 Å². The molecule has 5 heteroatoms. The minimum atomic E-state index is 0.375. The highest BCUT2D eigenvalue weighted by Crippen LogP contribution is 2.25. The molecule has 0 saturated carbocycles. The Labute approximate surface area is 119 Å². The second-order valence-corrected chi connectivity index (χ2v) is 5.00. The van der Waals surface area contributed by atoms with Gasteiger partial charge in [0.15, 0.2) is 0 Å². The van der Waals surface area contributed by atoms with E-state index in [0.717, 1.165) is 37.8 Å². The fourth-order valence-electron chi connectivity index (χ4n) is 2.67. The Bertz CT molecular complexity index is 523. The summed E-state index contributed by atoms with van der Waals surface area (Å²) in [6.07, 6.45) is 3.68. The third-order valence-corrected chi connectivity index (χ3v) is 3.76. The minimum absolute atomic E-state index is 0.375. The van der Waals surface area contributed by atoms with Crippen molar-refractivity contribution in [3.8, 4) is 5.75 Å². The topological polar surface area (TPSA) is 53.2 Å². The molecule has 1 aliphatic rings. The maximum atomic E-state index is 5.22. The van der Waals surface area contributed by atoms with Crippen molar-refractivity contribution < 1.29 is 4.74 Å². The minimum Gasteiger partial charge on any atom is -0.497 e. The van der Waals surface area contributed by atoms with Gasteiger partial charge < -0.3 is 15.0 Å². The van der Waals surface area contributed by atoms with E-state index in [1.807, 2.05) is 18.3 Å². The van der Waals surface area contributed by atoms with Crippen LogP contribution < -0.4 is 10.1 Å². The molecule has 0 unspecified atom stereocenters. The normalized spacial score (nSPS) is 19.9. The average Bonchev–Trinajstić information content (AvgIpc) is 3.01. The van der Waals surface area contributed by atoms with Gasteiger partial charge in [-0.3, -0.25) is 4.90 Å². The second-order valence-electron chi connectivity index (χ2n) is 5.00. The molecule has 0 amide bonds. The van der Waals surface area contributed by atoms with Crippen LogP contribution in [-0.4, -0.2) is 41.6 Å². The zero-order valence-corrected chi connectivity index (χ0v) is 11.7. The van der Waals surface area contributed by atoms with E-state index in [9.17, 15) is 0 Å². The van der Waals surface area contributed by atoms with Crippen LogP contribution >= 0.6 is 0 Å². The molecular weight excluding hydrogens is 252 g/mol. The van der Waals surface area contributed by atoms with Crippen LogP contribution in [0.25, 0.3) is 0 Å². The molecule has 1 aromatic carbocycles. The smallest absolute Gasteiger partial charge is 0.120 e. The zero-order chi connectivity index (χ0) is 13.8. The molecule has 0 radical (unpaired) electrons. The number of aromatic amines is 1. The molecule has 1 atom stereocenters. The van der Waals surface area contributed by atoms with Crippen molar-refractivity contribution in [1.29, 1.82) is 0 Å². The van der Waals surface area contributed by atoms with Gasteiger partial charge in [-0.25, -0.2) is 4.98 Å². The summed E-state index contributed by atoms with van der Waals surface area (Å²) in [5, 5.41) is 3.47. The number of nitrogens with zero attached hydrogens (tertiary/aromatic N) is 2. The molecule has 1 saturated heterocycles. The standard InChI is InChI=1S/C15H20N4O/c1-20-13-4-2-12(3-5-13)14-10-16-8-9-19(14)11-15-17-6-7-18-15/h2-7,14,16H,8-11H2,1H3,(H,17,18)/t14-/m0/s1. The number of methoxy groups -OCH3 is 1. The van der Waals surface area contributed by atoms with Gasteiger partial charge in [-0.1, -0.05) is 12.1 Å². The van der Waals surface area contributed by atoms with E-state index < -0.39 is 0 Å². The maximum absolute atomic E-state index is 5.22. The summed E-state index contributed by atoms with van der Waals surface area (Å²) in [7, 11) is 1.69. The number of aromatic nitrogens is 2. The fraction of sp³-hybridized carbons (Fsp3) is 0.400. The Morgan fingerprint density at radius 3 is 2.90 bits per heavy atom. The highest BCUT2D eigenvalue weighted by molar-refractivity contribution is 5.29. The SMILES string of the molecule is COc1ccc([C@@H]2CNCCN2Cc2ncc[nH]2)cc1. The van der Waals surface area contributed by atoms with Gasteiger partial charge in [0, 0.05) is 38.1 Å². The number of H-pyrrole nitrogens is 1. The predicted octanol–water partition coefficient (Wildman–Crippen LogP) is 1.56. The van der Waals surface area contributed by atoms with E-state index in [1.165, 1.54) is 5.56 Å². The van der Waals surface area contributed by atoms with Crippen LogP contribution in [0.3, 0.4) is 0 Å². The number of hydrogen-bond donors (Lipinski definition) is 2. The van der Waals surface area contributed by atoms with Crippen LogP contribution in [0.4, 0.5) is 0 Å². The van der Waals surface area contributed by atoms with Crippen LogP contribution in [0.2, 0.25) is 0 Å². The van der Waals surface area contributed by atoms with Gasteiger partial charge in [0.05, 0.1) is 13.7 Å². The second kappa shape index (κ2) is 6.07. The van der Waals surface area contributed by atoms with E-state index in [2.05, 4.69) is 32.3 Å². The summed E-state index contributed by atoms with van der Waals surface area (Å²) in [4.78, 5) is 9.97. The lowest BCUT2D eigenvalue weighted by molar-refractivity contribution is 0.150. The Morgan fingerprint density at radius 1 is 1.35 bits per heavy atom. The predicted molar refractivity (Wildman–Crippen MR) is 77.6 cm³/mol. The molecule has 2 heterocycles. The first-order chi connectivity index (χ1) is 9.86. The number of imidazole rings is 1. The summed E-state index contributed by atoms with van der Waals surface area (Å²) in [5.74, 6) is 1.92.